The molecule has 0 bridgehead atoms. The van der Waals surface area contributed by atoms with Gasteiger partial charge in [0.15, 0.2) is 6.61 Å². The minimum Gasteiger partial charge on any atom is -0.497 e. The van der Waals surface area contributed by atoms with Gasteiger partial charge in [0.2, 0.25) is 5.82 Å². The van der Waals surface area contributed by atoms with E-state index in [2.05, 4.69) is 10.1 Å². The molecule has 25 heavy (non-hydrogen) atoms. The fourth-order valence-electron chi connectivity index (χ4n) is 2.03. The quantitative estimate of drug-likeness (QED) is 0.612. The first-order valence-electron chi connectivity index (χ1n) is 7.16. The SMILES string of the molecule is COc1cccc(-c2noc(COC(=O)c3ccc(Cl)c(Cl)c3)n2)c1. The van der Waals surface area contributed by atoms with Gasteiger partial charge in [0.25, 0.3) is 5.89 Å². The van der Waals surface area contributed by atoms with Crippen LogP contribution in [0.5, 0.6) is 5.75 Å². The van der Waals surface area contributed by atoms with Gasteiger partial charge in [-0.25, -0.2) is 4.79 Å². The first-order chi connectivity index (χ1) is 12.1. The molecule has 2 aromatic carbocycles. The Bertz CT molecular complexity index is 911. The Kier molecular flexibility index (Phi) is 5.21. The number of carbonyl (C=O) groups excluding carboxylic acids is 1. The van der Waals surface area contributed by atoms with E-state index in [1.165, 1.54) is 18.2 Å². The van der Waals surface area contributed by atoms with Crippen LogP contribution in [0.25, 0.3) is 11.4 Å². The second kappa shape index (κ2) is 7.55. The van der Waals surface area contributed by atoms with Crippen LogP contribution in [0.1, 0.15) is 16.2 Å². The molecule has 1 aromatic heterocycles. The summed E-state index contributed by atoms with van der Waals surface area (Å²) in [6, 6.07) is 11.7. The molecule has 0 atom stereocenters. The molecule has 3 rings (SSSR count). The predicted octanol–water partition coefficient (Wildman–Crippen LogP) is 4.41. The monoisotopic (exact) mass is 378 g/mol. The number of esters is 1. The summed E-state index contributed by atoms with van der Waals surface area (Å²) in [6.45, 7) is -0.157. The van der Waals surface area contributed by atoms with E-state index in [1.807, 2.05) is 18.2 Å². The lowest BCUT2D eigenvalue weighted by Gasteiger charge is -2.03. The molecule has 1 heterocycles. The van der Waals surface area contributed by atoms with Gasteiger partial charge >= 0.3 is 5.97 Å². The summed E-state index contributed by atoms with van der Waals surface area (Å²) in [5.41, 5.74) is 1.01. The highest BCUT2D eigenvalue weighted by molar-refractivity contribution is 6.42. The lowest BCUT2D eigenvalue weighted by atomic mass is 10.2. The number of benzene rings is 2. The zero-order chi connectivity index (χ0) is 17.8. The van der Waals surface area contributed by atoms with Crippen molar-refractivity contribution in [2.75, 3.05) is 7.11 Å². The topological polar surface area (TPSA) is 74.5 Å². The summed E-state index contributed by atoms with van der Waals surface area (Å²) in [7, 11) is 1.57. The van der Waals surface area contributed by atoms with Gasteiger partial charge < -0.3 is 14.0 Å². The molecule has 6 nitrogen and oxygen atoms in total. The fraction of sp³-hybridized carbons (Fsp3) is 0.118. The van der Waals surface area contributed by atoms with Crippen LogP contribution < -0.4 is 4.74 Å². The van der Waals surface area contributed by atoms with Crippen molar-refractivity contribution >= 4 is 29.2 Å². The largest absolute Gasteiger partial charge is 0.497 e. The molecule has 0 fully saturated rings. The van der Waals surface area contributed by atoms with Gasteiger partial charge in [-0.15, -0.1) is 0 Å². The Morgan fingerprint density at radius 2 is 2.00 bits per heavy atom. The van der Waals surface area contributed by atoms with E-state index in [1.54, 1.807) is 13.2 Å². The maximum absolute atomic E-state index is 12.0. The average Bonchev–Trinajstić information content (AvgIpc) is 3.11. The summed E-state index contributed by atoms with van der Waals surface area (Å²) in [5.74, 6) is 0.653. The summed E-state index contributed by atoms with van der Waals surface area (Å²) >= 11 is 11.7. The first-order valence-corrected chi connectivity index (χ1v) is 7.91. The summed E-state index contributed by atoms with van der Waals surface area (Å²) in [5, 5.41) is 4.50. The number of carbonyl (C=O) groups is 1. The number of methoxy groups -OCH3 is 1. The van der Waals surface area contributed by atoms with Crippen molar-refractivity contribution in [3.8, 4) is 17.1 Å². The third-order valence-electron chi connectivity index (χ3n) is 3.28. The molecule has 0 aliphatic rings. The highest BCUT2D eigenvalue weighted by Gasteiger charge is 2.14. The van der Waals surface area contributed by atoms with Crippen LogP contribution in [-0.4, -0.2) is 23.2 Å². The third-order valence-corrected chi connectivity index (χ3v) is 4.02. The molecule has 3 aromatic rings. The van der Waals surface area contributed by atoms with Crippen LogP contribution in [0.3, 0.4) is 0 Å². The molecule has 0 unspecified atom stereocenters. The molecule has 0 radical (unpaired) electrons. The summed E-state index contributed by atoms with van der Waals surface area (Å²) in [4.78, 5) is 16.2. The van der Waals surface area contributed by atoms with E-state index in [0.29, 0.717) is 16.6 Å². The molecule has 0 amide bonds. The maximum atomic E-state index is 12.0. The van der Waals surface area contributed by atoms with Crippen molar-refractivity contribution in [2.24, 2.45) is 0 Å². The van der Waals surface area contributed by atoms with Gasteiger partial charge in [-0.05, 0) is 30.3 Å². The minimum absolute atomic E-state index is 0.157. The fourth-order valence-corrected chi connectivity index (χ4v) is 2.32. The Balaban J connectivity index is 1.67. The molecular formula is C17H12Cl2N2O4. The number of ether oxygens (including phenoxy) is 2. The highest BCUT2D eigenvalue weighted by atomic mass is 35.5. The van der Waals surface area contributed by atoms with Crippen LogP contribution >= 0.6 is 23.2 Å². The number of hydrogen-bond donors (Lipinski definition) is 0. The number of hydrogen-bond acceptors (Lipinski definition) is 6. The third kappa shape index (κ3) is 4.10. The van der Waals surface area contributed by atoms with Crippen molar-refractivity contribution in [1.82, 2.24) is 10.1 Å². The zero-order valence-electron chi connectivity index (χ0n) is 13.0. The Morgan fingerprint density at radius 1 is 1.16 bits per heavy atom. The van der Waals surface area contributed by atoms with E-state index < -0.39 is 5.97 Å². The zero-order valence-corrected chi connectivity index (χ0v) is 14.5. The summed E-state index contributed by atoms with van der Waals surface area (Å²) < 4.78 is 15.4. The molecule has 0 spiro atoms. The number of nitrogens with zero attached hydrogens (tertiary/aromatic N) is 2. The lowest BCUT2D eigenvalue weighted by Crippen LogP contribution is -2.05. The molecule has 8 heteroatoms. The summed E-state index contributed by atoms with van der Waals surface area (Å²) in [6.07, 6.45) is 0. The van der Waals surface area contributed by atoms with Gasteiger partial charge in [0, 0.05) is 5.56 Å². The molecule has 0 aliphatic heterocycles. The number of rotatable bonds is 5. The number of halogens is 2. The first kappa shape index (κ1) is 17.3. The van der Waals surface area contributed by atoms with E-state index in [4.69, 9.17) is 37.2 Å². The molecule has 0 saturated carbocycles. The van der Waals surface area contributed by atoms with Gasteiger partial charge in [-0.3, -0.25) is 0 Å². The van der Waals surface area contributed by atoms with Gasteiger partial charge in [-0.2, -0.15) is 4.98 Å². The van der Waals surface area contributed by atoms with Crippen molar-refractivity contribution in [1.29, 1.82) is 0 Å². The van der Waals surface area contributed by atoms with Crippen LogP contribution in [0.4, 0.5) is 0 Å². The van der Waals surface area contributed by atoms with E-state index in [-0.39, 0.29) is 23.1 Å². The van der Waals surface area contributed by atoms with E-state index in [9.17, 15) is 4.79 Å². The second-order valence-electron chi connectivity index (χ2n) is 4.95. The van der Waals surface area contributed by atoms with Gasteiger partial charge in [0.05, 0.1) is 22.7 Å². The Hall–Kier alpha value is -2.57. The highest BCUT2D eigenvalue weighted by Crippen LogP contribution is 2.24. The maximum Gasteiger partial charge on any atom is 0.338 e. The van der Waals surface area contributed by atoms with Crippen LogP contribution in [0.15, 0.2) is 47.0 Å². The molecular weight excluding hydrogens is 367 g/mol. The van der Waals surface area contributed by atoms with Gasteiger partial charge in [0.1, 0.15) is 5.75 Å². The predicted molar refractivity (Wildman–Crippen MR) is 91.9 cm³/mol. The van der Waals surface area contributed by atoms with Crippen molar-refractivity contribution in [3.63, 3.8) is 0 Å². The molecule has 0 N–H and O–H groups in total. The normalized spacial score (nSPS) is 10.5. The van der Waals surface area contributed by atoms with Crippen molar-refractivity contribution in [2.45, 2.75) is 6.61 Å². The van der Waals surface area contributed by atoms with Gasteiger partial charge in [-0.1, -0.05) is 40.5 Å². The standard InChI is InChI=1S/C17H12Cl2N2O4/c1-23-12-4-2-3-10(7-12)16-20-15(25-21-16)9-24-17(22)11-5-6-13(18)14(19)8-11/h2-8H,9H2,1H3. The second-order valence-corrected chi connectivity index (χ2v) is 5.76. The van der Waals surface area contributed by atoms with Crippen LogP contribution in [0, 0.1) is 0 Å². The number of aromatic nitrogens is 2. The Morgan fingerprint density at radius 3 is 2.76 bits per heavy atom. The lowest BCUT2D eigenvalue weighted by molar-refractivity contribution is 0.0430. The Labute approximate surface area is 153 Å². The molecule has 128 valence electrons. The van der Waals surface area contributed by atoms with Crippen molar-refractivity contribution in [3.05, 3.63) is 64.0 Å². The smallest absolute Gasteiger partial charge is 0.338 e. The van der Waals surface area contributed by atoms with E-state index in [0.717, 1.165) is 5.56 Å². The van der Waals surface area contributed by atoms with Crippen molar-refractivity contribution < 1.29 is 18.8 Å². The minimum atomic E-state index is -0.570. The van der Waals surface area contributed by atoms with E-state index >= 15 is 0 Å². The van der Waals surface area contributed by atoms with Crippen LogP contribution in [0.2, 0.25) is 10.0 Å². The average molecular weight is 379 g/mol. The van der Waals surface area contributed by atoms with Crippen LogP contribution in [-0.2, 0) is 11.3 Å². The molecule has 0 aliphatic carbocycles. The molecule has 0 saturated heterocycles.